The Hall–Kier alpha value is -3.69. The third kappa shape index (κ3) is 4.65. The maximum Gasteiger partial charge on any atom is 0.387 e. The monoisotopic (exact) mass is 414 g/mol. The number of nitrogens with one attached hydrogen (secondary N) is 1. The van der Waals surface area contributed by atoms with Crippen molar-refractivity contribution in [2.45, 2.75) is 6.61 Å². The molecule has 0 spiro atoms. The van der Waals surface area contributed by atoms with E-state index in [-0.39, 0.29) is 11.8 Å². The summed E-state index contributed by atoms with van der Waals surface area (Å²) in [7, 11) is 0. The molecule has 10 heteroatoms. The van der Waals surface area contributed by atoms with E-state index in [1.54, 1.807) is 17.0 Å². The Kier molecular flexibility index (Phi) is 5.73. The number of piperazine rings is 1. The third-order valence-corrected chi connectivity index (χ3v) is 4.71. The average Bonchev–Trinajstić information content (AvgIpc) is 3.29. The van der Waals surface area contributed by atoms with Crippen molar-refractivity contribution >= 4 is 17.5 Å². The number of carbonyl (C=O) groups is 1. The maximum absolute atomic E-state index is 12.5. The molecule has 0 bridgehead atoms. The van der Waals surface area contributed by atoms with Gasteiger partial charge in [0, 0.05) is 50.3 Å². The van der Waals surface area contributed by atoms with Gasteiger partial charge in [0.2, 0.25) is 0 Å². The van der Waals surface area contributed by atoms with E-state index in [4.69, 9.17) is 0 Å². The predicted molar refractivity (Wildman–Crippen MR) is 107 cm³/mol. The van der Waals surface area contributed by atoms with Crippen LogP contribution >= 0.6 is 0 Å². The molecule has 1 aromatic carbocycles. The number of carbonyl (C=O) groups excluding carboxylic acids is 1. The molecule has 1 aliphatic heterocycles. The highest BCUT2D eigenvalue weighted by atomic mass is 19.3. The van der Waals surface area contributed by atoms with Gasteiger partial charge in [0.25, 0.3) is 0 Å². The number of urea groups is 1. The lowest BCUT2D eigenvalue weighted by molar-refractivity contribution is -0.0497. The third-order valence-electron chi connectivity index (χ3n) is 4.71. The molecule has 2 aromatic heterocycles. The van der Waals surface area contributed by atoms with Crippen LogP contribution in [0, 0.1) is 0 Å². The van der Waals surface area contributed by atoms with Gasteiger partial charge in [-0.2, -0.15) is 8.78 Å². The Morgan fingerprint density at radius 2 is 1.67 bits per heavy atom. The van der Waals surface area contributed by atoms with Crippen molar-refractivity contribution in [3.8, 4) is 11.6 Å². The van der Waals surface area contributed by atoms with Crippen LogP contribution in [0.25, 0.3) is 5.82 Å². The van der Waals surface area contributed by atoms with Crippen molar-refractivity contribution in [3.05, 3.63) is 60.9 Å². The molecule has 4 rings (SSSR count). The van der Waals surface area contributed by atoms with Crippen LogP contribution in [0.3, 0.4) is 0 Å². The summed E-state index contributed by atoms with van der Waals surface area (Å²) >= 11 is 0. The van der Waals surface area contributed by atoms with Crippen molar-refractivity contribution in [1.82, 2.24) is 19.7 Å². The number of rotatable bonds is 5. The van der Waals surface area contributed by atoms with E-state index in [9.17, 15) is 13.6 Å². The van der Waals surface area contributed by atoms with Gasteiger partial charge in [-0.3, -0.25) is 0 Å². The molecule has 0 aliphatic carbocycles. The van der Waals surface area contributed by atoms with Gasteiger partial charge in [0.15, 0.2) is 11.6 Å². The van der Waals surface area contributed by atoms with Crippen molar-refractivity contribution in [2.24, 2.45) is 0 Å². The fraction of sp³-hybridized carbons (Fsp3) is 0.250. The number of alkyl halides is 2. The van der Waals surface area contributed by atoms with Gasteiger partial charge in [-0.15, -0.1) is 10.2 Å². The Morgan fingerprint density at radius 3 is 2.33 bits per heavy atom. The van der Waals surface area contributed by atoms with Crippen LogP contribution in [-0.2, 0) is 0 Å². The van der Waals surface area contributed by atoms with Crippen molar-refractivity contribution in [3.63, 3.8) is 0 Å². The average molecular weight is 414 g/mol. The number of amides is 2. The smallest absolute Gasteiger partial charge is 0.387 e. The minimum absolute atomic E-state index is 0.00504. The summed E-state index contributed by atoms with van der Waals surface area (Å²) in [6, 6.07) is 13.3. The van der Waals surface area contributed by atoms with Gasteiger partial charge in [-0.25, -0.2) is 4.79 Å². The molecule has 3 aromatic rings. The van der Waals surface area contributed by atoms with Gasteiger partial charge >= 0.3 is 12.6 Å². The number of ether oxygens (including phenoxy) is 1. The highest BCUT2D eigenvalue weighted by Crippen LogP contribution is 2.20. The Balaban J connectivity index is 1.31. The summed E-state index contributed by atoms with van der Waals surface area (Å²) in [5, 5.41) is 11.3. The summed E-state index contributed by atoms with van der Waals surface area (Å²) in [4.78, 5) is 16.2. The summed E-state index contributed by atoms with van der Waals surface area (Å²) in [5.74, 6) is 1.48. The first-order valence-electron chi connectivity index (χ1n) is 9.41. The van der Waals surface area contributed by atoms with Gasteiger partial charge in [0.05, 0.1) is 0 Å². The summed E-state index contributed by atoms with van der Waals surface area (Å²) in [6.07, 6.45) is 3.80. The van der Waals surface area contributed by atoms with E-state index in [0.29, 0.717) is 31.9 Å². The standard InChI is InChI=1S/C20H20F2N6O2/c21-19(22)30-16-5-3-4-15(14-16)23-20(29)28-12-10-27(11-13-28)18-7-6-17(24-25-18)26-8-1-2-9-26/h1-9,14,19H,10-13H2,(H,23,29). The van der Waals surface area contributed by atoms with E-state index in [1.165, 1.54) is 12.1 Å². The first kappa shape index (κ1) is 19.6. The first-order chi connectivity index (χ1) is 14.6. The van der Waals surface area contributed by atoms with E-state index in [2.05, 4.69) is 25.2 Å². The lowest BCUT2D eigenvalue weighted by Gasteiger charge is -2.35. The molecule has 1 aliphatic rings. The van der Waals surface area contributed by atoms with Crippen LogP contribution < -0.4 is 15.0 Å². The zero-order valence-electron chi connectivity index (χ0n) is 16.0. The predicted octanol–water partition coefficient (Wildman–Crippen LogP) is 3.22. The normalized spacial score (nSPS) is 14.1. The van der Waals surface area contributed by atoms with Crippen molar-refractivity contribution in [1.29, 1.82) is 0 Å². The van der Waals surface area contributed by atoms with E-state index in [0.717, 1.165) is 11.6 Å². The number of anilines is 2. The highest BCUT2D eigenvalue weighted by molar-refractivity contribution is 5.89. The lowest BCUT2D eigenvalue weighted by atomic mass is 10.3. The summed E-state index contributed by atoms with van der Waals surface area (Å²) in [5.41, 5.74) is 0.395. The molecule has 2 amide bonds. The molecule has 1 fully saturated rings. The number of hydrogen-bond donors (Lipinski definition) is 1. The van der Waals surface area contributed by atoms with Gasteiger partial charge in [-0.05, 0) is 36.4 Å². The fourth-order valence-corrected chi connectivity index (χ4v) is 3.20. The van der Waals surface area contributed by atoms with E-state index < -0.39 is 6.61 Å². The zero-order valence-corrected chi connectivity index (χ0v) is 16.0. The molecule has 0 radical (unpaired) electrons. The second-order valence-electron chi connectivity index (χ2n) is 6.65. The molecule has 0 unspecified atom stereocenters. The van der Waals surface area contributed by atoms with Gasteiger partial charge in [0.1, 0.15) is 5.75 Å². The topological polar surface area (TPSA) is 75.5 Å². The van der Waals surface area contributed by atoms with Crippen LogP contribution in [0.1, 0.15) is 0 Å². The zero-order chi connectivity index (χ0) is 20.9. The van der Waals surface area contributed by atoms with E-state index in [1.807, 2.05) is 41.2 Å². The molecule has 8 nitrogen and oxygen atoms in total. The van der Waals surface area contributed by atoms with Crippen molar-refractivity contribution in [2.75, 3.05) is 36.4 Å². The fourth-order valence-electron chi connectivity index (χ4n) is 3.20. The van der Waals surface area contributed by atoms with Crippen LogP contribution in [-0.4, -0.2) is 58.5 Å². The molecule has 1 N–H and O–H groups in total. The molecular formula is C20H20F2N6O2. The largest absolute Gasteiger partial charge is 0.435 e. The number of benzene rings is 1. The Labute approximate surface area is 171 Å². The SMILES string of the molecule is O=C(Nc1cccc(OC(F)F)c1)N1CCN(c2ccc(-n3cccc3)nn2)CC1. The Morgan fingerprint density at radius 1 is 0.967 bits per heavy atom. The molecule has 156 valence electrons. The number of halogens is 2. The number of nitrogens with zero attached hydrogens (tertiary/aromatic N) is 5. The molecule has 0 saturated carbocycles. The Bertz CT molecular complexity index is 973. The summed E-state index contributed by atoms with van der Waals surface area (Å²) < 4.78 is 30.9. The second kappa shape index (κ2) is 8.76. The molecule has 30 heavy (non-hydrogen) atoms. The van der Waals surface area contributed by atoms with E-state index >= 15 is 0 Å². The molecule has 1 saturated heterocycles. The van der Waals surface area contributed by atoms with Crippen molar-refractivity contribution < 1.29 is 18.3 Å². The summed E-state index contributed by atoms with van der Waals surface area (Å²) in [6.45, 7) is -0.691. The van der Waals surface area contributed by atoms with Gasteiger partial charge in [-0.1, -0.05) is 6.07 Å². The quantitative estimate of drug-likeness (QED) is 0.694. The highest BCUT2D eigenvalue weighted by Gasteiger charge is 2.22. The number of hydrogen-bond acceptors (Lipinski definition) is 5. The second-order valence-corrected chi connectivity index (χ2v) is 6.65. The van der Waals surface area contributed by atoms with Crippen LogP contribution in [0.15, 0.2) is 60.9 Å². The first-order valence-corrected chi connectivity index (χ1v) is 9.41. The minimum atomic E-state index is -2.91. The molecular weight excluding hydrogens is 394 g/mol. The number of aromatic nitrogens is 3. The van der Waals surface area contributed by atoms with Crippen LogP contribution in [0.2, 0.25) is 0 Å². The van der Waals surface area contributed by atoms with Crippen LogP contribution in [0.4, 0.5) is 25.1 Å². The molecule has 0 atom stereocenters. The minimum Gasteiger partial charge on any atom is -0.435 e. The van der Waals surface area contributed by atoms with Crippen LogP contribution in [0.5, 0.6) is 5.75 Å². The molecule has 3 heterocycles. The van der Waals surface area contributed by atoms with Gasteiger partial charge < -0.3 is 24.4 Å². The lowest BCUT2D eigenvalue weighted by Crippen LogP contribution is -2.50. The maximum atomic E-state index is 12.5.